The summed E-state index contributed by atoms with van der Waals surface area (Å²) < 4.78 is 6.76. The topological polar surface area (TPSA) is 35.2 Å². The number of benzene rings is 1. The highest BCUT2D eigenvalue weighted by Gasteiger charge is 2.09. The summed E-state index contributed by atoms with van der Waals surface area (Å²) >= 11 is 8.26. The van der Waals surface area contributed by atoms with E-state index in [9.17, 15) is 0 Å². The minimum absolute atomic E-state index is 0.0665. The van der Waals surface area contributed by atoms with Crippen LogP contribution in [-0.2, 0) is 0 Å². The normalized spacial score (nSPS) is 12.1. The number of hydrogen-bond donors (Lipinski definition) is 1. The lowest BCUT2D eigenvalue weighted by Gasteiger charge is -2.16. The highest BCUT2D eigenvalue weighted by molar-refractivity contribution is 9.10. The molecule has 0 saturated carbocycles. The predicted molar refractivity (Wildman–Crippen MR) is 70.3 cm³/mol. The second-order valence-electron chi connectivity index (χ2n) is 3.28. The quantitative estimate of drug-likeness (QED) is 0.844. The fraction of sp³-hybridized carbons (Fsp3) is 0.364. The molecular formula is C11H14BrNOS. The van der Waals surface area contributed by atoms with Crippen LogP contribution in [0.3, 0.4) is 0 Å². The smallest absolute Gasteiger partial charge is 0.120 e. The first-order valence-corrected chi connectivity index (χ1v) is 6.02. The first kappa shape index (κ1) is 12.5. The van der Waals surface area contributed by atoms with Crippen LogP contribution in [0.2, 0.25) is 0 Å². The molecule has 0 heterocycles. The van der Waals surface area contributed by atoms with E-state index in [-0.39, 0.29) is 6.10 Å². The van der Waals surface area contributed by atoms with Gasteiger partial charge in [0.05, 0.1) is 4.99 Å². The van der Waals surface area contributed by atoms with Crippen molar-refractivity contribution in [2.24, 2.45) is 5.73 Å². The van der Waals surface area contributed by atoms with Gasteiger partial charge < -0.3 is 10.5 Å². The highest BCUT2D eigenvalue weighted by Crippen LogP contribution is 2.20. The van der Waals surface area contributed by atoms with Gasteiger partial charge in [-0.25, -0.2) is 0 Å². The van der Waals surface area contributed by atoms with Crippen LogP contribution in [-0.4, -0.2) is 11.1 Å². The van der Waals surface area contributed by atoms with Crippen LogP contribution < -0.4 is 10.5 Å². The molecule has 1 aromatic rings. The lowest BCUT2D eigenvalue weighted by atomic mass is 10.2. The lowest BCUT2D eigenvalue weighted by Crippen LogP contribution is -2.23. The first-order valence-electron chi connectivity index (χ1n) is 4.82. The maximum atomic E-state index is 5.76. The molecule has 2 nitrogen and oxygen atoms in total. The maximum Gasteiger partial charge on any atom is 0.120 e. The molecular weight excluding hydrogens is 274 g/mol. The van der Waals surface area contributed by atoms with Crippen LogP contribution in [0.1, 0.15) is 19.8 Å². The average molecular weight is 288 g/mol. The molecule has 0 aromatic heterocycles. The third-order valence-electron chi connectivity index (χ3n) is 1.98. The van der Waals surface area contributed by atoms with Crippen molar-refractivity contribution in [1.82, 2.24) is 0 Å². The summed E-state index contributed by atoms with van der Waals surface area (Å²) in [5.74, 6) is 0.840. The van der Waals surface area contributed by atoms with Crippen LogP contribution in [0, 0.1) is 0 Å². The van der Waals surface area contributed by atoms with Gasteiger partial charge in [0.1, 0.15) is 11.9 Å². The van der Waals surface area contributed by atoms with E-state index in [0.29, 0.717) is 11.4 Å². The zero-order valence-corrected chi connectivity index (χ0v) is 11.0. The molecule has 4 heteroatoms. The van der Waals surface area contributed by atoms with Crippen LogP contribution in [0.25, 0.3) is 0 Å². The van der Waals surface area contributed by atoms with Crippen molar-refractivity contribution in [1.29, 1.82) is 0 Å². The van der Waals surface area contributed by atoms with E-state index in [2.05, 4.69) is 22.9 Å². The molecule has 2 N–H and O–H groups in total. The zero-order chi connectivity index (χ0) is 11.3. The minimum atomic E-state index is 0.0665. The van der Waals surface area contributed by atoms with Crippen molar-refractivity contribution in [3.63, 3.8) is 0 Å². The van der Waals surface area contributed by atoms with Crippen molar-refractivity contribution < 1.29 is 4.74 Å². The first-order chi connectivity index (χ1) is 7.11. The second-order valence-corrected chi connectivity index (χ2v) is 4.72. The van der Waals surface area contributed by atoms with Crippen LogP contribution in [0.5, 0.6) is 5.75 Å². The summed E-state index contributed by atoms with van der Waals surface area (Å²) in [4.78, 5) is 0.497. The molecule has 0 amide bonds. The molecule has 1 unspecified atom stereocenters. The summed E-state index contributed by atoms with van der Waals surface area (Å²) in [6.07, 6.45) is 1.58. The van der Waals surface area contributed by atoms with Gasteiger partial charge in [-0.05, 0) is 24.6 Å². The molecule has 15 heavy (non-hydrogen) atoms. The largest absolute Gasteiger partial charge is 0.490 e. The Balaban J connectivity index is 2.62. The van der Waals surface area contributed by atoms with Gasteiger partial charge >= 0.3 is 0 Å². The summed E-state index contributed by atoms with van der Waals surface area (Å²) in [6, 6.07) is 7.75. The van der Waals surface area contributed by atoms with Gasteiger partial charge in [0.25, 0.3) is 0 Å². The van der Waals surface area contributed by atoms with Gasteiger partial charge in [-0.1, -0.05) is 41.1 Å². The molecule has 0 aliphatic heterocycles. The van der Waals surface area contributed by atoms with Crippen LogP contribution >= 0.6 is 28.1 Å². The van der Waals surface area contributed by atoms with Gasteiger partial charge in [0.2, 0.25) is 0 Å². The standard InChI is InChI=1S/C11H14BrNOS/c1-2-9(7-11(13)15)14-10-5-3-4-8(12)6-10/h3-6,9H,2,7H2,1H3,(H2,13,15). The van der Waals surface area contributed by atoms with Crippen molar-refractivity contribution in [2.45, 2.75) is 25.9 Å². The second kappa shape index (κ2) is 6.08. The molecule has 0 saturated heterocycles. The number of ether oxygens (including phenoxy) is 1. The molecule has 1 rings (SSSR count). The summed E-state index contributed by atoms with van der Waals surface area (Å²) in [5.41, 5.74) is 5.49. The third kappa shape index (κ3) is 4.62. The summed E-state index contributed by atoms with van der Waals surface area (Å²) in [7, 11) is 0. The van der Waals surface area contributed by atoms with E-state index in [1.54, 1.807) is 0 Å². The van der Waals surface area contributed by atoms with E-state index in [4.69, 9.17) is 22.7 Å². The van der Waals surface area contributed by atoms with E-state index in [1.807, 2.05) is 24.3 Å². The Hall–Kier alpha value is -0.610. The fourth-order valence-electron chi connectivity index (χ4n) is 1.23. The number of hydrogen-bond acceptors (Lipinski definition) is 2. The van der Waals surface area contributed by atoms with Crippen LogP contribution in [0.4, 0.5) is 0 Å². The number of halogens is 1. The molecule has 0 bridgehead atoms. The van der Waals surface area contributed by atoms with Gasteiger partial charge in [0.15, 0.2) is 0 Å². The van der Waals surface area contributed by atoms with Crippen molar-refractivity contribution >= 4 is 33.1 Å². The Morgan fingerprint density at radius 3 is 2.87 bits per heavy atom. The van der Waals surface area contributed by atoms with Gasteiger partial charge in [-0.15, -0.1) is 0 Å². The Morgan fingerprint density at radius 2 is 2.33 bits per heavy atom. The van der Waals surface area contributed by atoms with Crippen molar-refractivity contribution in [3.8, 4) is 5.75 Å². The molecule has 0 spiro atoms. The number of nitrogens with two attached hydrogens (primary N) is 1. The van der Waals surface area contributed by atoms with E-state index < -0.39 is 0 Å². The molecule has 0 radical (unpaired) electrons. The van der Waals surface area contributed by atoms with E-state index >= 15 is 0 Å². The number of thiocarbonyl (C=S) groups is 1. The molecule has 82 valence electrons. The van der Waals surface area contributed by atoms with E-state index in [0.717, 1.165) is 16.6 Å². The van der Waals surface area contributed by atoms with Gasteiger partial charge in [-0.2, -0.15) is 0 Å². The fourth-order valence-corrected chi connectivity index (χ4v) is 1.79. The summed E-state index contributed by atoms with van der Waals surface area (Å²) in [6.45, 7) is 2.06. The lowest BCUT2D eigenvalue weighted by molar-refractivity contribution is 0.205. The predicted octanol–water partition coefficient (Wildman–Crippen LogP) is 3.28. The Kier molecular flexibility index (Phi) is 5.05. The Labute approximate surface area is 104 Å². The van der Waals surface area contributed by atoms with Crippen molar-refractivity contribution in [2.75, 3.05) is 0 Å². The maximum absolute atomic E-state index is 5.76. The number of rotatable bonds is 5. The molecule has 0 aliphatic carbocycles. The molecule has 1 atom stereocenters. The monoisotopic (exact) mass is 287 g/mol. The Morgan fingerprint density at radius 1 is 1.60 bits per heavy atom. The van der Waals surface area contributed by atoms with E-state index in [1.165, 1.54) is 0 Å². The van der Waals surface area contributed by atoms with Gasteiger partial charge in [0, 0.05) is 10.9 Å². The average Bonchev–Trinajstić information content (AvgIpc) is 2.16. The molecule has 0 aliphatic rings. The molecule has 1 aromatic carbocycles. The van der Waals surface area contributed by atoms with Crippen LogP contribution in [0.15, 0.2) is 28.7 Å². The zero-order valence-electron chi connectivity index (χ0n) is 8.57. The van der Waals surface area contributed by atoms with Crippen molar-refractivity contribution in [3.05, 3.63) is 28.7 Å². The third-order valence-corrected chi connectivity index (χ3v) is 2.64. The Bertz CT molecular complexity index is 343. The van der Waals surface area contributed by atoms with Gasteiger partial charge in [-0.3, -0.25) is 0 Å². The molecule has 0 fully saturated rings. The summed E-state index contributed by atoms with van der Waals surface area (Å²) in [5, 5.41) is 0. The SMILES string of the molecule is CCC(CC(N)=S)Oc1cccc(Br)c1. The highest BCUT2D eigenvalue weighted by atomic mass is 79.9. The minimum Gasteiger partial charge on any atom is -0.490 e.